The van der Waals surface area contributed by atoms with E-state index in [-0.39, 0.29) is 5.78 Å². The lowest BCUT2D eigenvalue weighted by molar-refractivity contribution is -0.138. The van der Waals surface area contributed by atoms with Gasteiger partial charge < -0.3 is 14.6 Å². The van der Waals surface area contributed by atoms with E-state index in [9.17, 15) is 14.7 Å². The van der Waals surface area contributed by atoms with Crippen LogP contribution in [-0.4, -0.2) is 37.2 Å². The highest BCUT2D eigenvalue weighted by atomic mass is 16.6. The first-order valence-electron chi connectivity index (χ1n) is 7.70. The van der Waals surface area contributed by atoms with Crippen LogP contribution in [0.1, 0.15) is 22.0 Å². The lowest BCUT2D eigenvalue weighted by Gasteiger charge is -2.09. The third kappa shape index (κ3) is 7.56. The van der Waals surface area contributed by atoms with Crippen LogP contribution in [-0.2, 0) is 14.3 Å². The minimum absolute atomic E-state index is 0.271. The van der Waals surface area contributed by atoms with Gasteiger partial charge in [0.2, 0.25) is 0 Å². The Bertz CT molecular complexity index is 652. The molecule has 0 saturated carbocycles. The third-order valence-corrected chi connectivity index (χ3v) is 3.12. The molecule has 5 nitrogen and oxygen atoms in total. The highest BCUT2D eigenvalue weighted by Gasteiger charge is 2.18. The Morgan fingerprint density at radius 1 is 1.04 bits per heavy atom. The van der Waals surface area contributed by atoms with Gasteiger partial charge in [0.05, 0.1) is 6.61 Å². The van der Waals surface area contributed by atoms with E-state index in [1.54, 1.807) is 55.6 Å². The molecule has 25 heavy (non-hydrogen) atoms. The van der Waals surface area contributed by atoms with E-state index in [1.807, 2.05) is 12.1 Å². The normalized spacial score (nSPS) is 10.8. The number of hydrogen-bond donors (Lipinski definition) is 1. The van der Waals surface area contributed by atoms with Crippen molar-refractivity contribution in [2.75, 3.05) is 20.3 Å². The maximum absolute atomic E-state index is 11.9. The minimum Gasteiger partial charge on any atom is -0.460 e. The third-order valence-electron chi connectivity index (χ3n) is 3.12. The summed E-state index contributed by atoms with van der Waals surface area (Å²) < 4.78 is 9.17. The van der Waals surface area contributed by atoms with Crippen LogP contribution in [0.2, 0.25) is 0 Å². The summed E-state index contributed by atoms with van der Waals surface area (Å²) in [6.45, 7) is 3.95. The standard InChI is InChI=1S/C14H12O2.C6H10O3/c15-13(11-7-3-1-4-8-11)14(16)12-9-5-2-6-10-12;1-3-6(7)9-5-4-8-2/h1-10,13,15H;3H,1,4-5H2,2H3. The maximum Gasteiger partial charge on any atom is 0.330 e. The number of carbonyl (C=O) groups excluding carboxylic acids is 2. The molecule has 1 atom stereocenters. The Labute approximate surface area is 147 Å². The van der Waals surface area contributed by atoms with Crippen molar-refractivity contribution in [1.82, 2.24) is 0 Å². The van der Waals surface area contributed by atoms with Crippen molar-refractivity contribution in [3.05, 3.63) is 84.4 Å². The van der Waals surface area contributed by atoms with Crippen LogP contribution in [0.15, 0.2) is 73.3 Å². The number of ketones is 1. The van der Waals surface area contributed by atoms with Gasteiger partial charge in [0.25, 0.3) is 0 Å². The zero-order valence-corrected chi connectivity index (χ0v) is 14.1. The summed E-state index contributed by atoms with van der Waals surface area (Å²) in [4.78, 5) is 22.2. The van der Waals surface area contributed by atoms with Crippen LogP contribution < -0.4 is 0 Å². The molecule has 0 fully saturated rings. The van der Waals surface area contributed by atoms with Crippen LogP contribution in [0.25, 0.3) is 0 Å². The highest BCUT2D eigenvalue weighted by molar-refractivity contribution is 5.99. The molecule has 0 spiro atoms. The zero-order chi connectivity index (χ0) is 18.5. The van der Waals surface area contributed by atoms with Gasteiger partial charge in [0.1, 0.15) is 12.7 Å². The number of methoxy groups -OCH3 is 1. The van der Waals surface area contributed by atoms with E-state index in [0.717, 1.165) is 6.08 Å². The number of hydrogen-bond acceptors (Lipinski definition) is 5. The number of aliphatic hydroxyl groups is 1. The van der Waals surface area contributed by atoms with Crippen molar-refractivity contribution < 1.29 is 24.2 Å². The quantitative estimate of drug-likeness (QED) is 0.362. The van der Waals surface area contributed by atoms with Crippen molar-refractivity contribution >= 4 is 11.8 Å². The molecule has 2 aromatic carbocycles. The van der Waals surface area contributed by atoms with Gasteiger partial charge in [0, 0.05) is 18.7 Å². The molecule has 0 radical (unpaired) electrons. The van der Waals surface area contributed by atoms with Crippen LogP contribution in [0.5, 0.6) is 0 Å². The van der Waals surface area contributed by atoms with Crippen LogP contribution in [0, 0.1) is 0 Å². The molecule has 0 amide bonds. The van der Waals surface area contributed by atoms with E-state index in [4.69, 9.17) is 0 Å². The van der Waals surface area contributed by atoms with Crippen LogP contribution in [0.4, 0.5) is 0 Å². The molecule has 1 unspecified atom stereocenters. The van der Waals surface area contributed by atoms with Crippen molar-refractivity contribution in [3.8, 4) is 0 Å². The maximum atomic E-state index is 11.9. The molecule has 0 aliphatic rings. The zero-order valence-electron chi connectivity index (χ0n) is 14.1. The molecule has 0 aliphatic carbocycles. The SMILES string of the molecule is C=CC(=O)OCCOC.O=C(c1ccccc1)C(O)c1ccccc1. The molecule has 0 saturated heterocycles. The monoisotopic (exact) mass is 342 g/mol. The first-order valence-corrected chi connectivity index (χ1v) is 7.70. The topological polar surface area (TPSA) is 72.8 Å². The lowest BCUT2D eigenvalue weighted by Crippen LogP contribution is -2.11. The Morgan fingerprint density at radius 2 is 1.60 bits per heavy atom. The Kier molecular flexibility index (Phi) is 9.51. The molecular formula is C20H22O5. The smallest absolute Gasteiger partial charge is 0.330 e. The Hall–Kier alpha value is -2.76. The van der Waals surface area contributed by atoms with Gasteiger partial charge >= 0.3 is 5.97 Å². The summed E-state index contributed by atoms with van der Waals surface area (Å²) in [7, 11) is 1.54. The first kappa shape index (κ1) is 20.3. The van der Waals surface area contributed by atoms with Gasteiger partial charge in [0.15, 0.2) is 5.78 Å². The van der Waals surface area contributed by atoms with E-state index in [2.05, 4.69) is 16.1 Å². The van der Waals surface area contributed by atoms with Gasteiger partial charge in [-0.2, -0.15) is 0 Å². The summed E-state index contributed by atoms with van der Waals surface area (Å²) in [5, 5.41) is 9.89. The molecule has 132 valence electrons. The highest BCUT2D eigenvalue weighted by Crippen LogP contribution is 2.17. The summed E-state index contributed by atoms with van der Waals surface area (Å²) in [5.74, 6) is -0.682. The van der Waals surface area contributed by atoms with Crippen LogP contribution >= 0.6 is 0 Å². The van der Waals surface area contributed by atoms with Gasteiger partial charge in [-0.25, -0.2) is 4.79 Å². The summed E-state index contributed by atoms with van der Waals surface area (Å²) in [6, 6.07) is 17.7. The molecule has 1 N–H and O–H groups in total. The summed E-state index contributed by atoms with van der Waals surface area (Å²) in [5.41, 5.74) is 1.15. The second-order valence-electron chi connectivity index (χ2n) is 4.91. The van der Waals surface area contributed by atoms with Crippen LogP contribution in [0.3, 0.4) is 0 Å². The number of esters is 1. The number of rotatable bonds is 7. The predicted octanol–water partition coefficient (Wildman–Crippen LogP) is 2.96. The molecule has 0 heterocycles. The number of carbonyl (C=O) groups is 2. The van der Waals surface area contributed by atoms with E-state index < -0.39 is 12.1 Å². The molecule has 0 bridgehead atoms. The predicted molar refractivity (Wildman–Crippen MR) is 95.2 cm³/mol. The van der Waals surface area contributed by atoms with E-state index in [0.29, 0.717) is 24.3 Å². The first-order chi connectivity index (χ1) is 12.1. The molecule has 2 rings (SSSR count). The van der Waals surface area contributed by atoms with Gasteiger partial charge in [-0.15, -0.1) is 0 Å². The molecule has 0 aliphatic heterocycles. The summed E-state index contributed by atoms with van der Waals surface area (Å²) in [6.07, 6.45) is 0.0407. The van der Waals surface area contributed by atoms with Crippen molar-refractivity contribution in [1.29, 1.82) is 0 Å². The number of ether oxygens (including phenoxy) is 2. The van der Waals surface area contributed by atoms with E-state index >= 15 is 0 Å². The van der Waals surface area contributed by atoms with Crippen molar-refractivity contribution in [3.63, 3.8) is 0 Å². The Morgan fingerprint density at radius 3 is 2.12 bits per heavy atom. The second-order valence-corrected chi connectivity index (χ2v) is 4.91. The van der Waals surface area contributed by atoms with Crippen molar-refractivity contribution in [2.24, 2.45) is 0 Å². The van der Waals surface area contributed by atoms with Gasteiger partial charge in [-0.3, -0.25) is 4.79 Å². The molecular weight excluding hydrogens is 320 g/mol. The van der Waals surface area contributed by atoms with E-state index in [1.165, 1.54) is 0 Å². The fraction of sp³-hybridized carbons (Fsp3) is 0.200. The Balaban J connectivity index is 0.000000299. The number of Topliss-reactive ketones (excluding diaryl/α,β-unsaturated/α-hetero) is 1. The molecule has 0 aromatic heterocycles. The molecule has 5 heteroatoms. The lowest BCUT2D eigenvalue weighted by atomic mass is 10.0. The molecule has 2 aromatic rings. The minimum atomic E-state index is -1.08. The van der Waals surface area contributed by atoms with Crippen molar-refractivity contribution in [2.45, 2.75) is 6.10 Å². The van der Waals surface area contributed by atoms with Gasteiger partial charge in [-0.05, 0) is 5.56 Å². The largest absolute Gasteiger partial charge is 0.460 e. The van der Waals surface area contributed by atoms with Gasteiger partial charge in [-0.1, -0.05) is 67.2 Å². The average molecular weight is 342 g/mol. The number of benzene rings is 2. The fourth-order valence-corrected chi connectivity index (χ4v) is 1.83. The fourth-order valence-electron chi connectivity index (χ4n) is 1.83. The number of aliphatic hydroxyl groups excluding tert-OH is 1. The second kappa shape index (κ2) is 11.7. The average Bonchev–Trinajstić information content (AvgIpc) is 2.68. The summed E-state index contributed by atoms with van der Waals surface area (Å²) >= 11 is 0.